The van der Waals surface area contributed by atoms with Gasteiger partial charge in [0.05, 0.1) is 0 Å². The first-order valence-electron chi connectivity index (χ1n) is 5.42. The fourth-order valence-corrected chi connectivity index (χ4v) is 1.49. The number of nitrogens with one attached hydrogen (secondary N) is 2. The molecule has 0 aliphatic heterocycles. The second-order valence-electron chi connectivity index (χ2n) is 4.01. The van der Waals surface area contributed by atoms with Gasteiger partial charge >= 0.3 is 12.2 Å². The van der Waals surface area contributed by atoms with E-state index in [-0.39, 0.29) is 5.78 Å². The molecular formula is C12H13F3N2O2. The van der Waals surface area contributed by atoms with E-state index < -0.39 is 18.8 Å². The average molecular weight is 274 g/mol. The molecule has 0 aromatic heterocycles. The molecule has 0 radical (unpaired) electrons. The summed E-state index contributed by atoms with van der Waals surface area (Å²) in [5.74, 6) is -0.120. The second kappa shape index (κ2) is 5.73. The standard InChI is InChI=1S/C12H13F3N2O2/c1-7-5-9(3-4-10(7)8(2)18)17-11(19)16-6-12(13,14)15/h3-5H,6H2,1-2H3,(H2,16,17,19). The maximum atomic E-state index is 11.9. The molecule has 0 spiro atoms. The zero-order valence-electron chi connectivity index (χ0n) is 10.4. The number of rotatable bonds is 3. The van der Waals surface area contributed by atoms with Crippen molar-refractivity contribution in [1.82, 2.24) is 5.32 Å². The summed E-state index contributed by atoms with van der Waals surface area (Å²) in [4.78, 5) is 22.4. The Balaban J connectivity index is 2.65. The predicted molar refractivity (Wildman–Crippen MR) is 64.3 cm³/mol. The maximum Gasteiger partial charge on any atom is 0.405 e. The van der Waals surface area contributed by atoms with Crippen molar-refractivity contribution in [3.63, 3.8) is 0 Å². The highest BCUT2D eigenvalue weighted by Crippen LogP contribution is 2.16. The van der Waals surface area contributed by atoms with E-state index in [1.165, 1.54) is 25.1 Å². The quantitative estimate of drug-likeness (QED) is 0.833. The van der Waals surface area contributed by atoms with Gasteiger partial charge in [-0.3, -0.25) is 4.79 Å². The van der Waals surface area contributed by atoms with E-state index in [9.17, 15) is 22.8 Å². The van der Waals surface area contributed by atoms with Crippen molar-refractivity contribution >= 4 is 17.5 Å². The molecule has 1 rings (SSSR count). The number of halogens is 3. The van der Waals surface area contributed by atoms with Gasteiger partial charge in [-0.2, -0.15) is 13.2 Å². The maximum absolute atomic E-state index is 11.9. The third-order valence-electron chi connectivity index (χ3n) is 2.31. The average Bonchev–Trinajstić information content (AvgIpc) is 2.25. The van der Waals surface area contributed by atoms with Crippen molar-refractivity contribution in [2.45, 2.75) is 20.0 Å². The van der Waals surface area contributed by atoms with Crippen LogP contribution in [0.25, 0.3) is 0 Å². The highest BCUT2D eigenvalue weighted by atomic mass is 19.4. The number of benzene rings is 1. The summed E-state index contributed by atoms with van der Waals surface area (Å²) in [7, 11) is 0. The van der Waals surface area contributed by atoms with Crippen LogP contribution in [0, 0.1) is 6.92 Å². The van der Waals surface area contributed by atoms with Crippen LogP contribution in [-0.4, -0.2) is 24.5 Å². The van der Waals surface area contributed by atoms with Crippen LogP contribution in [-0.2, 0) is 0 Å². The highest BCUT2D eigenvalue weighted by molar-refractivity contribution is 5.96. The van der Waals surface area contributed by atoms with E-state index in [2.05, 4.69) is 5.32 Å². The van der Waals surface area contributed by atoms with Crippen LogP contribution in [0.2, 0.25) is 0 Å². The molecular weight excluding hydrogens is 261 g/mol. The molecule has 2 amide bonds. The molecule has 0 heterocycles. The SMILES string of the molecule is CC(=O)c1ccc(NC(=O)NCC(F)(F)F)cc1C. The predicted octanol–water partition coefficient (Wildman–Crippen LogP) is 2.88. The third kappa shape index (κ3) is 4.99. The number of aryl methyl sites for hydroxylation is 1. The molecule has 0 bridgehead atoms. The van der Waals surface area contributed by atoms with Crippen LogP contribution in [0.1, 0.15) is 22.8 Å². The lowest BCUT2D eigenvalue weighted by molar-refractivity contribution is -0.122. The first-order chi connectivity index (χ1) is 8.69. The number of amides is 2. The molecule has 0 saturated carbocycles. The molecule has 1 aromatic rings. The monoisotopic (exact) mass is 274 g/mol. The fourth-order valence-electron chi connectivity index (χ4n) is 1.49. The number of anilines is 1. The molecule has 2 N–H and O–H groups in total. The summed E-state index contributed by atoms with van der Waals surface area (Å²) >= 11 is 0. The van der Waals surface area contributed by atoms with Gasteiger partial charge in [-0.1, -0.05) is 0 Å². The molecule has 0 aliphatic carbocycles. The van der Waals surface area contributed by atoms with E-state index in [0.717, 1.165) is 0 Å². The minimum absolute atomic E-state index is 0.120. The van der Waals surface area contributed by atoms with E-state index in [1.54, 1.807) is 12.2 Å². The fraction of sp³-hybridized carbons (Fsp3) is 0.333. The first kappa shape index (κ1) is 15.0. The molecule has 0 atom stereocenters. The van der Waals surface area contributed by atoms with Gasteiger partial charge < -0.3 is 10.6 Å². The Morgan fingerprint density at radius 3 is 2.37 bits per heavy atom. The normalized spacial score (nSPS) is 11.0. The summed E-state index contributed by atoms with van der Waals surface area (Å²) in [6.45, 7) is 1.68. The summed E-state index contributed by atoms with van der Waals surface area (Å²) in [6.07, 6.45) is -4.45. The van der Waals surface area contributed by atoms with E-state index in [1.807, 2.05) is 0 Å². The molecule has 19 heavy (non-hydrogen) atoms. The number of hydrogen-bond donors (Lipinski definition) is 2. The smallest absolute Gasteiger partial charge is 0.329 e. The topological polar surface area (TPSA) is 58.2 Å². The summed E-state index contributed by atoms with van der Waals surface area (Å²) in [5.41, 5.74) is 1.46. The van der Waals surface area contributed by atoms with E-state index in [4.69, 9.17) is 0 Å². The van der Waals surface area contributed by atoms with Crippen molar-refractivity contribution in [3.8, 4) is 0 Å². The Morgan fingerprint density at radius 2 is 1.89 bits per heavy atom. The summed E-state index contributed by atoms with van der Waals surface area (Å²) < 4.78 is 35.6. The molecule has 0 aliphatic rings. The van der Waals surface area contributed by atoms with Gasteiger partial charge in [0.2, 0.25) is 0 Å². The van der Waals surface area contributed by atoms with Crippen molar-refractivity contribution in [2.24, 2.45) is 0 Å². The Kier molecular flexibility index (Phi) is 4.52. The van der Waals surface area contributed by atoms with E-state index >= 15 is 0 Å². The minimum Gasteiger partial charge on any atom is -0.329 e. The molecule has 7 heteroatoms. The molecule has 0 fully saturated rings. The van der Waals surface area contributed by atoms with Crippen LogP contribution in [0.3, 0.4) is 0 Å². The molecule has 0 unspecified atom stereocenters. The van der Waals surface area contributed by atoms with Crippen molar-refractivity contribution in [1.29, 1.82) is 0 Å². The number of carbonyl (C=O) groups excluding carboxylic acids is 2. The molecule has 104 valence electrons. The van der Waals surface area contributed by atoms with Gasteiger partial charge in [-0.05, 0) is 37.6 Å². The lowest BCUT2D eigenvalue weighted by Gasteiger charge is -2.11. The molecule has 1 aromatic carbocycles. The van der Waals surface area contributed by atoms with Crippen molar-refractivity contribution < 1.29 is 22.8 Å². The van der Waals surface area contributed by atoms with E-state index in [0.29, 0.717) is 16.8 Å². The van der Waals surface area contributed by atoms with Gasteiger partial charge in [0.1, 0.15) is 6.54 Å². The number of urea groups is 1. The molecule has 4 nitrogen and oxygen atoms in total. The Bertz CT molecular complexity index is 498. The van der Waals surface area contributed by atoms with Gasteiger partial charge in [-0.25, -0.2) is 4.79 Å². The lowest BCUT2D eigenvalue weighted by Crippen LogP contribution is -2.36. The van der Waals surface area contributed by atoms with Gasteiger partial charge in [0.15, 0.2) is 5.78 Å². The number of hydrogen-bond acceptors (Lipinski definition) is 2. The Hall–Kier alpha value is -2.05. The summed E-state index contributed by atoms with van der Waals surface area (Å²) in [6, 6.07) is 3.53. The largest absolute Gasteiger partial charge is 0.405 e. The Labute approximate surface area is 108 Å². The van der Waals surface area contributed by atoms with Crippen molar-refractivity contribution in [2.75, 3.05) is 11.9 Å². The van der Waals surface area contributed by atoms with Crippen LogP contribution in [0.15, 0.2) is 18.2 Å². The number of carbonyl (C=O) groups is 2. The second-order valence-corrected chi connectivity index (χ2v) is 4.01. The van der Waals surface area contributed by atoms with Crippen LogP contribution < -0.4 is 10.6 Å². The molecule has 0 saturated heterocycles. The Morgan fingerprint density at radius 1 is 1.26 bits per heavy atom. The number of ketones is 1. The van der Waals surface area contributed by atoms with Gasteiger partial charge in [0, 0.05) is 11.3 Å². The van der Waals surface area contributed by atoms with Crippen LogP contribution in [0.5, 0.6) is 0 Å². The van der Waals surface area contributed by atoms with Crippen molar-refractivity contribution in [3.05, 3.63) is 29.3 Å². The minimum atomic E-state index is -4.45. The highest BCUT2D eigenvalue weighted by Gasteiger charge is 2.27. The van der Waals surface area contributed by atoms with Crippen LogP contribution >= 0.6 is 0 Å². The van der Waals surface area contributed by atoms with Gasteiger partial charge in [0.25, 0.3) is 0 Å². The summed E-state index contributed by atoms with van der Waals surface area (Å²) in [5, 5.41) is 3.95. The lowest BCUT2D eigenvalue weighted by atomic mass is 10.1. The van der Waals surface area contributed by atoms with Gasteiger partial charge in [-0.15, -0.1) is 0 Å². The first-order valence-corrected chi connectivity index (χ1v) is 5.42. The zero-order chi connectivity index (χ0) is 14.6. The number of Topliss-reactive ketones (excluding diaryl/α,β-unsaturated/α-hetero) is 1. The van der Waals surface area contributed by atoms with Crippen LogP contribution in [0.4, 0.5) is 23.7 Å². The number of alkyl halides is 3. The third-order valence-corrected chi connectivity index (χ3v) is 2.31. The zero-order valence-corrected chi connectivity index (χ0v) is 10.4.